The van der Waals surface area contributed by atoms with E-state index in [1.807, 2.05) is 0 Å². The lowest BCUT2D eigenvalue weighted by molar-refractivity contribution is 0.0548. The largest absolute Gasteiger partial charge is 0.508 e. The maximum absolute atomic E-state index is 12.5. The van der Waals surface area contributed by atoms with Crippen LogP contribution in [0.3, 0.4) is 0 Å². The lowest BCUT2D eigenvalue weighted by Gasteiger charge is -2.37. The van der Waals surface area contributed by atoms with Crippen LogP contribution in [0.5, 0.6) is 5.75 Å². The third-order valence-electron chi connectivity index (χ3n) is 4.37. The SMILES string of the molecule is O=C(c1ccc(O)cc1)N1CCCC2CCCC21. The van der Waals surface area contributed by atoms with Crippen molar-refractivity contribution in [3.05, 3.63) is 29.8 Å². The number of fused-ring (bicyclic) bond motifs is 1. The summed E-state index contributed by atoms with van der Waals surface area (Å²) >= 11 is 0. The molecule has 3 rings (SSSR count). The highest BCUT2D eigenvalue weighted by Gasteiger charge is 2.37. The minimum Gasteiger partial charge on any atom is -0.508 e. The second kappa shape index (κ2) is 4.63. The molecule has 0 bridgehead atoms. The van der Waals surface area contributed by atoms with E-state index in [9.17, 15) is 9.90 Å². The van der Waals surface area contributed by atoms with Crippen LogP contribution in [0.25, 0.3) is 0 Å². The van der Waals surface area contributed by atoms with E-state index in [-0.39, 0.29) is 11.7 Å². The van der Waals surface area contributed by atoms with E-state index in [0.717, 1.165) is 25.3 Å². The summed E-state index contributed by atoms with van der Waals surface area (Å²) in [5, 5.41) is 9.27. The molecule has 1 N–H and O–H groups in total. The lowest BCUT2D eigenvalue weighted by Crippen LogP contribution is -2.46. The van der Waals surface area contributed by atoms with Gasteiger partial charge in [-0.15, -0.1) is 0 Å². The Kier molecular flexibility index (Phi) is 2.98. The van der Waals surface area contributed by atoms with Crippen molar-refractivity contribution in [1.29, 1.82) is 0 Å². The van der Waals surface area contributed by atoms with Gasteiger partial charge in [0.05, 0.1) is 0 Å². The Bertz CT molecular complexity index is 440. The molecule has 96 valence electrons. The van der Waals surface area contributed by atoms with Gasteiger partial charge in [-0.1, -0.05) is 6.42 Å². The molecule has 1 aromatic carbocycles. The molecule has 0 spiro atoms. The van der Waals surface area contributed by atoms with Crippen molar-refractivity contribution in [2.24, 2.45) is 5.92 Å². The molecule has 1 amide bonds. The van der Waals surface area contributed by atoms with E-state index < -0.39 is 0 Å². The zero-order valence-electron chi connectivity index (χ0n) is 10.5. The fraction of sp³-hybridized carbons (Fsp3) is 0.533. The number of piperidine rings is 1. The van der Waals surface area contributed by atoms with E-state index in [2.05, 4.69) is 4.90 Å². The predicted molar refractivity (Wildman–Crippen MR) is 69.5 cm³/mol. The number of likely N-dealkylation sites (tertiary alicyclic amines) is 1. The number of hydrogen-bond donors (Lipinski definition) is 1. The maximum atomic E-state index is 12.5. The molecule has 18 heavy (non-hydrogen) atoms. The minimum absolute atomic E-state index is 0.131. The van der Waals surface area contributed by atoms with Crippen molar-refractivity contribution in [2.75, 3.05) is 6.54 Å². The lowest BCUT2D eigenvalue weighted by atomic mass is 9.91. The first-order valence-corrected chi connectivity index (χ1v) is 6.86. The van der Waals surface area contributed by atoms with Gasteiger partial charge in [-0.25, -0.2) is 0 Å². The summed E-state index contributed by atoms with van der Waals surface area (Å²) in [6, 6.07) is 7.07. The van der Waals surface area contributed by atoms with E-state index in [1.54, 1.807) is 24.3 Å². The first kappa shape index (κ1) is 11.6. The summed E-state index contributed by atoms with van der Waals surface area (Å²) in [7, 11) is 0. The molecule has 3 heteroatoms. The quantitative estimate of drug-likeness (QED) is 0.826. The molecule has 2 aliphatic rings. The highest BCUT2D eigenvalue weighted by molar-refractivity contribution is 5.94. The van der Waals surface area contributed by atoms with Crippen molar-refractivity contribution in [1.82, 2.24) is 4.90 Å². The summed E-state index contributed by atoms with van der Waals surface area (Å²) in [4.78, 5) is 14.6. The number of amides is 1. The number of hydrogen-bond acceptors (Lipinski definition) is 2. The van der Waals surface area contributed by atoms with Gasteiger partial charge in [-0.2, -0.15) is 0 Å². The van der Waals surface area contributed by atoms with Gasteiger partial charge in [-0.3, -0.25) is 4.79 Å². The highest BCUT2D eigenvalue weighted by Crippen LogP contribution is 2.37. The van der Waals surface area contributed by atoms with Crippen molar-refractivity contribution >= 4 is 5.91 Å². The van der Waals surface area contributed by atoms with E-state index in [1.165, 1.54) is 19.3 Å². The molecule has 0 radical (unpaired) electrons. The van der Waals surface area contributed by atoms with Crippen LogP contribution in [0.1, 0.15) is 42.5 Å². The molecule has 1 aliphatic carbocycles. The zero-order chi connectivity index (χ0) is 12.5. The van der Waals surface area contributed by atoms with Gasteiger partial charge >= 0.3 is 0 Å². The Morgan fingerprint density at radius 1 is 1.11 bits per heavy atom. The third-order valence-corrected chi connectivity index (χ3v) is 4.37. The predicted octanol–water partition coefficient (Wildman–Crippen LogP) is 2.80. The number of carbonyl (C=O) groups excluding carboxylic acids is 1. The van der Waals surface area contributed by atoms with Crippen LogP contribution in [0.15, 0.2) is 24.3 Å². The number of aromatic hydroxyl groups is 1. The molecule has 0 aromatic heterocycles. The van der Waals surface area contributed by atoms with Gasteiger partial charge in [0.1, 0.15) is 5.75 Å². The summed E-state index contributed by atoms with van der Waals surface area (Å²) in [6.45, 7) is 0.890. The van der Waals surface area contributed by atoms with Gasteiger partial charge < -0.3 is 10.0 Å². The number of carbonyl (C=O) groups is 1. The van der Waals surface area contributed by atoms with Gasteiger partial charge in [-0.05, 0) is 55.9 Å². The average Bonchev–Trinajstić information content (AvgIpc) is 2.87. The van der Waals surface area contributed by atoms with E-state index >= 15 is 0 Å². The molecule has 2 fully saturated rings. The molecule has 2 atom stereocenters. The molecule has 1 saturated heterocycles. The molecule has 1 saturated carbocycles. The molecule has 2 unspecified atom stereocenters. The number of phenolic OH excluding ortho intramolecular Hbond substituents is 1. The van der Waals surface area contributed by atoms with Gasteiger partial charge in [0, 0.05) is 18.2 Å². The minimum atomic E-state index is 0.131. The van der Waals surface area contributed by atoms with E-state index in [0.29, 0.717) is 11.6 Å². The standard InChI is InChI=1S/C15H19NO2/c17-13-8-6-12(7-9-13)15(18)16-10-2-4-11-3-1-5-14(11)16/h6-9,11,14,17H,1-5,10H2. The van der Waals surface area contributed by atoms with Gasteiger partial charge in [0.15, 0.2) is 0 Å². The third kappa shape index (κ3) is 1.98. The van der Waals surface area contributed by atoms with Crippen molar-refractivity contribution in [3.63, 3.8) is 0 Å². The summed E-state index contributed by atoms with van der Waals surface area (Å²) in [5.41, 5.74) is 0.695. The zero-order valence-corrected chi connectivity index (χ0v) is 10.5. The van der Waals surface area contributed by atoms with E-state index in [4.69, 9.17) is 0 Å². The molecular weight excluding hydrogens is 226 g/mol. The Morgan fingerprint density at radius 3 is 2.61 bits per heavy atom. The van der Waals surface area contributed by atoms with Crippen LogP contribution >= 0.6 is 0 Å². The summed E-state index contributed by atoms with van der Waals surface area (Å²) < 4.78 is 0. The van der Waals surface area contributed by atoms with Crippen molar-refractivity contribution < 1.29 is 9.90 Å². The van der Waals surface area contributed by atoms with Crippen LogP contribution in [-0.2, 0) is 0 Å². The average molecular weight is 245 g/mol. The van der Waals surface area contributed by atoms with Crippen LogP contribution in [0, 0.1) is 5.92 Å². The Morgan fingerprint density at radius 2 is 1.83 bits per heavy atom. The van der Waals surface area contributed by atoms with Crippen LogP contribution < -0.4 is 0 Å². The molecular formula is C15H19NO2. The second-order valence-electron chi connectivity index (χ2n) is 5.45. The van der Waals surface area contributed by atoms with Gasteiger partial charge in [0.25, 0.3) is 5.91 Å². The fourth-order valence-electron chi connectivity index (χ4n) is 3.48. The highest BCUT2D eigenvalue weighted by atomic mass is 16.3. The molecule has 1 aliphatic heterocycles. The monoisotopic (exact) mass is 245 g/mol. The fourth-order valence-corrected chi connectivity index (χ4v) is 3.48. The first-order chi connectivity index (χ1) is 8.75. The smallest absolute Gasteiger partial charge is 0.254 e. The number of rotatable bonds is 1. The topological polar surface area (TPSA) is 40.5 Å². The first-order valence-electron chi connectivity index (χ1n) is 6.86. The Labute approximate surface area is 107 Å². The van der Waals surface area contributed by atoms with Crippen LogP contribution in [0.2, 0.25) is 0 Å². The van der Waals surface area contributed by atoms with Crippen molar-refractivity contribution in [3.8, 4) is 5.75 Å². The molecule has 3 nitrogen and oxygen atoms in total. The summed E-state index contributed by atoms with van der Waals surface area (Å²) in [6.07, 6.45) is 6.11. The Hall–Kier alpha value is -1.51. The van der Waals surface area contributed by atoms with Gasteiger partial charge in [0.2, 0.25) is 0 Å². The Balaban J connectivity index is 1.81. The molecule has 1 heterocycles. The summed E-state index contributed by atoms with van der Waals surface area (Å²) in [5.74, 6) is 1.07. The molecule has 1 aromatic rings. The maximum Gasteiger partial charge on any atom is 0.254 e. The van der Waals surface area contributed by atoms with Crippen LogP contribution in [0.4, 0.5) is 0 Å². The number of benzene rings is 1. The van der Waals surface area contributed by atoms with Crippen LogP contribution in [-0.4, -0.2) is 28.5 Å². The normalized spacial score (nSPS) is 27.0. The number of nitrogens with zero attached hydrogens (tertiary/aromatic N) is 1. The second-order valence-corrected chi connectivity index (χ2v) is 5.45. The van der Waals surface area contributed by atoms with Crippen molar-refractivity contribution in [2.45, 2.75) is 38.1 Å². The number of phenols is 1.